The summed E-state index contributed by atoms with van der Waals surface area (Å²) in [5.74, 6) is 1.52. The summed E-state index contributed by atoms with van der Waals surface area (Å²) in [7, 11) is 0. The van der Waals surface area contributed by atoms with E-state index in [0.717, 1.165) is 19.1 Å². The van der Waals surface area contributed by atoms with E-state index in [4.69, 9.17) is 10.7 Å². The molecule has 32 heavy (non-hydrogen) atoms. The fourth-order valence-corrected chi connectivity index (χ4v) is 3.23. The van der Waals surface area contributed by atoms with Gasteiger partial charge in [0.25, 0.3) is 11.8 Å². The Bertz CT molecular complexity index is 1080. The highest BCUT2D eigenvalue weighted by Gasteiger charge is 2.38. The molecule has 0 spiro atoms. The number of aromatic amines is 1. The summed E-state index contributed by atoms with van der Waals surface area (Å²) in [6, 6.07) is 1.07. The zero-order valence-electron chi connectivity index (χ0n) is 16.8. The summed E-state index contributed by atoms with van der Waals surface area (Å²) in [6.45, 7) is 4.19. The van der Waals surface area contributed by atoms with Crippen molar-refractivity contribution in [1.82, 2.24) is 15.2 Å². The molecule has 1 aromatic carbocycles. The van der Waals surface area contributed by atoms with E-state index in [9.17, 15) is 31.5 Å². The van der Waals surface area contributed by atoms with Gasteiger partial charge in [-0.15, -0.1) is 0 Å². The predicted octanol–water partition coefficient (Wildman–Crippen LogP) is 3.06. The van der Waals surface area contributed by atoms with Crippen LogP contribution in [-0.2, 0) is 9.63 Å². The van der Waals surface area contributed by atoms with Gasteiger partial charge in [0.05, 0.1) is 6.54 Å². The summed E-state index contributed by atoms with van der Waals surface area (Å²) < 4.78 is 65.1. The number of hydrogen-bond donors (Lipinski definition) is 3. The van der Waals surface area contributed by atoms with Crippen molar-refractivity contribution in [1.29, 1.82) is 0 Å². The number of rotatable bonds is 5. The molecule has 3 rings (SSSR count). The highest BCUT2D eigenvalue weighted by Crippen LogP contribution is 2.27. The van der Waals surface area contributed by atoms with E-state index in [1.54, 1.807) is 5.32 Å². The second-order valence-electron chi connectivity index (χ2n) is 7.25. The van der Waals surface area contributed by atoms with Crippen molar-refractivity contribution < 1.29 is 36.4 Å². The molecule has 0 fully saturated rings. The maximum Gasteiger partial charge on any atom is 0.408 e. The minimum Gasteiger partial charge on any atom is -0.416 e. The quantitative estimate of drug-likeness (QED) is 0.364. The van der Waals surface area contributed by atoms with Gasteiger partial charge in [0.2, 0.25) is 0 Å². The number of alkyl halides is 3. The Morgan fingerprint density at radius 1 is 1.25 bits per heavy atom. The number of nitrogens with zero attached hydrogens (tertiary/aromatic N) is 1. The highest BCUT2D eigenvalue weighted by atomic mass is 19.4. The van der Waals surface area contributed by atoms with Gasteiger partial charge in [-0.3, -0.25) is 9.59 Å². The number of nitrogens with two attached hydrogens (primary N) is 1. The molecule has 1 aliphatic heterocycles. The first-order valence-electron chi connectivity index (χ1n) is 9.35. The largest absolute Gasteiger partial charge is 0.416 e. The third-order valence-corrected chi connectivity index (χ3v) is 5.09. The van der Waals surface area contributed by atoms with Crippen LogP contribution in [0.25, 0.3) is 10.9 Å². The lowest BCUT2D eigenvalue weighted by Gasteiger charge is -2.30. The smallest absolute Gasteiger partial charge is 0.408 e. The van der Waals surface area contributed by atoms with Crippen LogP contribution in [0.15, 0.2) is 41.7 Å². The molecule has 1 aliphatic rings. The van der Waals surface area contributed by atoms with E-state index >= 15 is 0 Å². The SMILES string of the molecule is C=C(C(=O)N[C@H](C)C(F)(F)F)C1=C(ON)CCN(C(=O)c2cc3cc(F)c(F)cc3[nH]2)C1. The van der Waals surface area contributed by atoms with Crippen LogP contribution in [0.1, 0.15) is 23.8 Å². The number of carbonyl (C=O) groups is 2. The Morgan fingerprint density at radius 2 is 1.91 bits per heavy atom. The summed E-state index contributed by atoms with van der Waals surface area (Å²) in [6.07, 6.45) is -4.58. The van der Waals surface area contributed by atoms with Gasteiger partial charge in [-0.2, -0.15) is 19.1 Å². The van der Waals surface area contributed by atoms with E-state index in [0.29, 0.717) is 0 Å². The van der Waals surface area contributed by atoms with Crippen LogP contribution in [0.2, 0.25) is 0 Å². The lowest BCUT2D eigenvalue weighted by atomic mass is 9.99. The van der Waals surface area contributed by atoms with Crippen LogP contribution in [0.5, 0.6) is 0 Å². The second-order valence-corrected chi connectivity index (χ2v) is 7.25. The van der Waals surface area contributed by atoms with E-state index in [1.807, 2.05) is 0 Å². The Balaban J connectivity index is 1.81. The summed E-state index contributed by atoms with van der Waals surface area (Å²) in [5.41, 5.74) is -0.0369. The van der Waals surface area contributed by atoms with Crippen molar-refractivity contribution in [2.24, 2.45) is 5.90 Å². The van der Waals surface area contributed by atoms with E-state index in [1.165, 1.54) is 11.0 Å². The zero-order valence-corrected chi connectivity index (χ0v) is 16.8. The van der Waals surface area contributed by atoms with Gasteiger partial charge >= 0.3 is 6.18 Å². The number of halogens is 5. The lowest BCUT2D eigenvalue weighted by Crippen LogP contribution is -2.45. The van der Waals surface area contributed by atoms with Gasteiger partial charge in [0.15, 0.2) is 11.6 Å². The molecule has 4 N–H and O–H groups in total. The Hall–Kier alpha value is -3.41. The standard InChI is InChI=1S/C20H19F5N4O3/c1-9(18(30)27-10(2)20(23,24)25)12-8-29(4-3-17(12)32-26)19(31)16-6-11-5-13(21)14(22)7-15(11)28-16/h5-7,10,28H,1,3-4,8,26H2,2H3,(H,27,30)/t10-/m1/s1. The van der Waals surface area contributed by atoms with Crippen molar-refractivity contribution in [3.05, 3.63) is 59.0 Å². The van der Waals surface area contributed by atoms with Gasteiger partial charge in [0, 0.05) is 41.1 Å². The number of H-pyrrole nitrogens is 1. The molecule has 0 saturated heterocycles. The van der Waals surface area contributed by atoms with Crippen LogP contribution in [-0.4, -0.2) is 47.0 Å². The molecule has 2 amide bonds. The molecule has 172 valence electrons. The predicted molar refractivity (Wildman–Crippen MR) is 104 cm³/mol. The topological polar surface area (TPSA) is 100 Å². The monoisotopic (exact) mass is 458 g/mol. The van der Waals surface area contributed by atoms with Crippen LogP contribution >= 0.6 is 0 Å². The van der Waals surface area contributed by atoms with Gasteiger partial charge in [-0.1, -0.05) is 6.58 Å². The van der Waals surface area contributed by atoms with Crippen LogP contribution in [0, 0.1) is 11.6 Å². The van der Waals surface area contributed by atoms with Gasteiger partial charge in [-0.25, -0.2) is 8.78 Å². The average Bonchev–Trinajstić information content (AvgIpc) is 3.14. The molecule has 12 heteroatoms. The number of nitrogens with one attached hydrogen (secondary N) is 2. The molecule has 0 saturated carbocycles. The molecule has 0 bridgehead atoms. The first-order valence-corrected chi connectivity index (χ1v) is 9.35. The van der Waals surface area contributed by atoms with Crippen LogP contribution in [0.4, 0.5) is 22.0 Å². The van der Waals surface area contributed by atoms with Crippen molar-refractivity contribution in [3.63, 3.8) is 0 Å². The number of amides is 2. The first kappa shape index (κ1) is 23.3. The Kier molecular flexibility index (Phi) is 6.26. The van der Waals surface area contributed by atoms with Crippen molar-refractivity contribution in [3.8, 4) is 0 Å². The molecule has 0 unspecified atom stereocenters. The van der Waals surface area contributed by atoms with E-state index in [-0.39, 0.29) is 53.0 Å². The summed E-state index contributed by atoms with van der Waals surface area (Å²) >= 11 is 0. The molecule has 1 aromatic heterocycles. The third kappa shape index (κ3) is 4.59. The molecular formula is C20H19F5N4O3. The molecule has 0 aliphatic carbocycles. The van der Waals surface area contributed by atoms with Crippen LogP contribution < -0.4 is 11.2 Å². The molecule has 2 aromatic rings. The number of carbonyl (C=O) groups excluding carboxylic acids is 2. The van der Waals surface area contributed by atoms with Crippen LogP contribution in [0.3, 0.4) is 0 Å². The maximum atomic E-state index is 13.4. The minimum absolute atomic E-state index is 0.0298. The second kappa shape index (κ2) is 8.61. The number of aromatic nitrogens is 1. The number of benzene rings is 1. The van der Waals surface area contributed by atoms with E-state index < -0.39 is 35.7 Å². The Morgan fingerprint density at radius 3 is 2.53 bits per heavy atom. The fraction of sp³-hybridized carbons (Fsp3) is 0.300. The normalized spacial score (nSPS) is 15.7. The van der Waals surface area contributed by atoms with Crippen molar-refractivity contribution in [2.75, 3.05) is 13.1 Å². The van der Waals surface area contributed by atoms with Crippen molar-refractivity contribution >= 4 is 22.7 Å². The summed E-state index contributed by atoms with van der Waals surface area (Å²) in [4.78, 5) is 33.9. The molecule has 7 nitrogen and oxygen atoms in total. The fourth-order valence-electron chi connectivity index (χ4n) is 3.23. The Labute approximate surface area is 178 Å². The number of fused-ring (bicyclic) bond motifs is 1. The number of hydrogen-bond acceptors (Lipinski definition) is 4. The zero-order chi connectivity index (χ0) is 23.8. The average molecular weight is 458 g/mol. The minimum atomic E-state index is -4.65. The molecular weight excluding hydrogens is 439 g/mol. The third-order valence-electron chi connectivity index (χ3n) is 5.09. The molecule has 0 radical (unpaired) electrons. The van der Waals surface area contributed by atoms with Gasteiger partial charge in [0.1, 0.15) is 17.5 Å². The maximum absolute atomic E-state index is 13.4. The molecule has 1 atom stereocenters. The van der Waals surface area contributed by atoms with E-state index in [2.05, 4.69) is 11.6 Å². The lowest BCUT2D eigenvalue weighted by molar-refractivity contribution is -0.156. The highest BCUT2D eigenvalue weighted by molar-refractivity contribution is 6.00. The summed E-state index contributed by atoms with van der Waals surface area (Å²) in [5, 5.41) is 2.06. The van der Waals surface area contributed by atoms with Crippen molar-refractivity contribution in [2.45, 2.75) is 25.6 Å². The first-order chi connectivity index (χ1) is 14.9. The molecule has 2 heterocycles. The van der Waals surface area contributed by atoms with Gasteiger partial charge in [-0.05, 0) is 19.1 Å². The van der Waals surface area contributed by atoms with Gasteiger partial charge < -0.3 is 20.0 Å².